The topological polar surface area (TPSA) is 27.1 Å². The van der Waals surface area contributed by atoms with Crippen molar-refractivity contribution in [3.05, 3.63) is 0 Å². The summed E-state index contributed by atoms with van der Waals surface area (Å²) in [7, 11) is 1.77. The van der Waals surface area contributed by atoms with E-state index in [2.05, 4.69) is 0 Å². The van der Waals surface area contributed by atoms with Gasteiger partial charge in [0.05, 0.1) is 0 Å². The predicted molar refractivity (Wildman–Crippen MR) is 31.9 cm³/mol. The fraction of sp³-hybridized carbons (Fsp3) is 0.750. The molecule has 0 aromatic rings. The van der Waals surface area contributed by atoms with Gasteiger partial charge in [0.1, 0.15) is 0 Å². The normalized spacial score (nSPS) is 8.43. The zero-order valence-electron chi connectivity index (χ0n) is 4.53. The molecule has 0 atom stereocenters. The number of halogens is 1. The number of nitrogens with one attached hydrogen (secondary N) is 1. The lowest BCUT2D eigenvalue weighted by Gasteiger charge is -2.10. The van der Waals surface area contributed by atoms with Crippen LogP contribution in [-0.4, -0.2) is 23.8 Å². The van der Waals surface area contributed by atoms with Gasteiger partial charge >= 0.3 is 0 Å². The van der Waals surface area contributed by atoms with Crippen molar-refractivity contribution >= 4 is 16.9 Å². The highest BCUT2D eigenvalue weighted by Crippen LogP contribution is 1.86. The highest BCUT2D eigenvalue weighted by atomic mass is 35.5. The molecule has 0 spiro atoms. The summed E-state index contributed by atoms with van der Waals surface area (Å²) in [5.74, 6) is 0. The number of amidine groups is 1. The summed E-state index contributed by atoms with van der Waals surface area (Å²) in [6, 6.07) is 0. The van der Waals surface area contributed by atoms with Crippen LogP contribution in [0.2, 0.25) is 0 Å². The molecule has 0 aliphatic heterocycles. The molecular weight excluding hydrogens is 112 g/mol. The van der Waals surface area contributed by atoms with Crippen molar-refractivity contribution in [2.75, 3.05) is 13.6 Å². The average molecular weight is 121 g/mol. The van der Waals surface area contributed by atoms with Gasteiger partial charge < -0.3 is 4.90 Å². The smallest absolute Gasteiger partial charge is 0.190 e. The Bertz CT molecular complexity index is 72.1. The van der Waals surface area contributed by atoms with Crippen molar-refractivity contribution in [1.82, 2.24) is 4.90 Å². The highest BCUT2D eigenvalue weighted by molar-refractivity contribution is 6.63. The van der Waals surface area contributed by atoms with E-state index in [4.69, 9.17) is 17.0 Å². The Morgan fingerprint density at radius 1 is 1.86 bits per heavy atom. The molecule has 0 aromatic heterocycles. The Kier molecular flexibility index (Phi) is 2.76. The van der Waals surface area contributed by atoms with E-state index in [0.717, 1.165) is 6.54 Å². The summed E-state index contributed by atoms with van der Waals surface area (Å²) in [6.07, 6.45) is 0. The summed E-state index contributed by atoms with van der Waals surface area (Å²) in [5, 5.41) is 6.89. The van der Waals surface area contributed by atoms with Gasteiger partial charge in [-0.2, -0.15) is 0 Å². The minimum Gasteiger partial charge on any atom is -0.351 e. The molecule has 0 rings (SSSR count). The van der Waals surface area contributed by atoms with Crippen LogP contribution in [0.1, 0.15) is 6.92 Å². The van der Waals surface area contributed by atoms with Gasteiger partial charge in [-0.3, -0.25) is 5.41 Å². The monoisotopic (exact) mass is 120 g/mol. The van der Waals surface area contributed by atoms with Gasteiger partial charge in [-0.1, -0.05) is 0 Å². The number of rotatable bonds is 1. The maximum Gasteiger partial charge on any atom is 0.190 e. The van der Waals surface area contributed by atoms with Crippen molar-refractivity contribution in [1.29, 1.82) is 5.41 Å². The van der Waals surface area contributed by atoms with Gasteiger partial charge in [0.2, 0.25) is 0 Å². The van der Waals surface area contributed by atoms with Crippen LogP contribution in [0.4, 0.5) is 0 Å². The van der Waals surface area contributed by atoms with Gasteiger partial charge in [0.25, 0.3) is 0 Å². The SMILES string of the molecule is CCN(C)C(=N)Cl. The minimum absolute atomic E-state index is 0.0995. The van der Waals surface area contributed by atoms with E-state index in [9.17, 15) is 0 Å². The molecule has 0 bridgehead atoms. The van der Waals surface area contributed by atoms with Crippen LogP contribution >= 0.6 is 11.6 Å². The predicted octanol–water partition coefficient (Wildman–Crippen LogP) is 1.11. The van der Waals surface area contributed by atoms with Gasteiger partial charge in [-0.15, -0.1) is 0 Å². The molecule has 0 aromatic carbocycles. The van der Waals surface area contributed by atoms with Crippen LogP contribution in [-0.2, 0) is 0 Å². The third-order valence-electron chi connectivity index (χ3n) is 0.809. The lowest BCUT2D eigenvalue weighted by Crippen LogP contribution is -2.20. The molecule has 0 radical (unpaired) electrons. The van der Waals surface area contributed by atoms with E-state index in [-0.39, 0.29) is 5.29 Å². The first-order valence-corrected chi connectivity index (χ1v) is 2.51. The Balaban J connectivity index is 3.34. The van der Waals surface area contributed by atoms with Crippen LogP contribution in [0.5, 0.6) is 0 Å². The number of nitrogens with zero attached hydrogens (tertiary/aromatic N) is 1. The first-order valence-electron chi connectivity index (χ1n) is 2.13. The molecule has 42 valence electrons. The fourth-order valence-electron chi connectivity index (χ4n) is 0.139. The van der Waals surface area contributed by atoms with E-state index < -0.39 is 0 Å². The lowest BCUT2D eigenvalue weighted by atomic mass is 10.7. The van der Waals surface area contributed by atoms with E-state index in [1.165, 1.54) is 0 Å². The van der Waals surface area contributed by atoms with Crippen LogP contribution < -0.4 is 0 Å². The number of hydrogen-bond donors (Lipinski definition) is 1. The maximum absolute atomic E-state index is 6.79. The third kappa shape index (κ3) is 2.45. The van der Waals surface area contributed by atoms with E-state index >= 15 is 0 Å². The van der Waals surface area contributed by atoms with Crippen molar-refractivity contribution < 1.29 is 0 Å². The van der Waals surface area contributed by atoms with E-state index in [1.54, 1.807) is 11.9 Å². The van der Waals surface area contributed by atoms with Gasteiger partial charge in [0, 0.05) is 13.6 Å². The Labute approximate surface area is 48.6 Å². The second-order valence-corrected chi connectivity index (χ2v) is 1.66. The lowest BCUT2D eigenvalue weighted by molar-refractivity contribution is 0.542. The highest BCUT2D eigenvalue weighted by Gasteiger charge is 1.92. The fourth-order valence-corrected chi connectivity index (χ4v) is 0.258. The Hall–Kier alpha value is -0.240. The maximum atomic E-state index is 6.79. The summed E-state index contributed by atoms with van der Waals surface area (Å²) < 4.78 is 0. The Morgan fingerprint density at radius 3 is 2.29 bits per heavy atom. The van der Waals surface area contributed by atoms with Crippen molar-refractivity contribution in [3.63, 3.8) is 0 Å². The van der Waals surface area contributed by atoms with E-state index in [1.807, 2.05) is 6.92 Å². The summed E-state index contributed by atoms with van der Waals surface area (Å²) >= 11 is 5.24. The molecule has 0 heterocycles. The molecule has 7 heavy (non-hydrogen) atoms. The molecule has 1 N–H and O–H groups in total. The van der Waals surface area contributed by atoms with Crippen LogP contribution in [0, 0.1) is 5.41 Å². The summed E-state index contributed by atoms with van der Waals surface area (Å²) in [5.41, 5.74) is 0. The number of hydrogen-bond acceptors (Lipinski definition) is 1. The molecule has 0 unspecified atom stereocenters. The second kappa shape index (κ2) is 2.86. The first-order chi connectivity index (χ1) is 3.18. The van der Waals surface area contributed by atoms with Gasteiger partial charge in [-0.05, 0) is 18.5 Å². The first kappa shape index (κ1) is 6.76. The van der Waals surface area contributed by atoms with Crippen LogP contribution in [0.3, 0.4) is 0 Å². The molecule has 0 aliphatic carbocycles. The molecule has 0 amide bonds. The van der Waals surface area contributed by atoms with Gasteiger partial charge in [0.15, 0.2) is 5.29 Å². The molecule has 0 fully saturated rings. The molecule has 2 nitrogen and oxygen atoms in total. The van der Waals surface area contributed by atoms with Crippen molar-refractivity contribution in [2.24, 2.45) is 0 Å². The average Bonchev–Trinajstić information content (AvgIpc) is 1.65. The second-order valence-electron chi connectivity index (χ2n) is 1.30. The molecule has 0 saturated heterocycles. The zero-order chi connectivity index (χ0) is 5.86. The molecule has 3 heteroatoms. The van der Waals surface area contributed by atoms with Crippen LogP contribution in [0.25, 0.3) is 0 Å². The van der Waals surface area contributed by atoms with Crippen LogP contribution in [0.15, 0.2) is 0 Å². The molecule has 0 saturated carbocycles. The summed E-state index contributed by atoms with van der Waals surface area (Å²) in [4.78, 5) is 1.64. The standard InChI is InChI=1S/C4H9ClN2/c1-3-7(2)4(5)6/h6H,3H2,1-2H3. The van der Waals surface area contributed by atoms with Gasteiger partial charge in [-0.25, -0.2) is 0 Å². The van der Waals surface area contributed by atoms with E-state index in [0.29, 0.717) is 0 Å². The molecular formula is C4H9ClN2. The zero-order valence-corrected chi connectivity index (χ0v) is 5.29. The molecule has 0 aliphatic rings. The summed E-state index contributed by atoms with van der Waals surface area (Å²) in [6.45, 7) is 2.74. The third-order valence-corrected chi connectivity index (χ3v) is 1.10. The van der Waals surface area contributed by atoms with Crippen molar-refractivity contribution in [3.8, 4) is 0 Å². The largest absolute Gasteiger partial charge is 0.351 e. The van der Waals surface area contributed by atoms with Crippen molar-refractivity contribution in [2.45, 2.75) is 6.92 Å². The quantitative estimate of drug-likeness (QED) is 0.313. The minimum atomic E-state index is 0.0995. The Morgan fingerprint density at radius 2 is 2.29 bits per heavy atom.